The van der Waals surface area contributed by atoms with Gasteiger partial charge in [0.15, 0.2) is 5.17 Å². The van der Waals surface area contributed by atoms with Gasteiger partial charge in [-0.1, -0.05) is 36.9 Å². The first kappa shape index (κ1) is 19.5. The van der Waals surface area contributed by atoms with Crippen LogP contribution in [0.5, 0.6) is 0 Å². The van der Waals surface area contributed by atoms with E-state index < -0.39 is 0 Å². The van der Waals surface area contributed by atoms with E-state index in [0.717, 1.165) is 22.7 Å². The Bertz CT molecular complexity index is 973. The molecule has 1 aliphatic carbocycles. The Morgan fingerprint density at radius 3 is 2.68 bits per heavy atom. The predicted octanol–water partition coefficient (Wildman–Crippen LogP) is 5.86. The SMILES string of the molecule is CC#Cc1cncc(-c2cc(C)c([C@]3(C)CC4(CCCCC4)SC(N)=N3)s2)c1. The van der Waals surface area contributed by atoms with Crippen LogP contribution in [0.4, 0.5) is 0 Å². The van der Waals surface area contributed by atoms with Crippen molar-refractivity contribution in [3.63, 3.8) is 0 Å². The van der Waals surface area contributed by atoms with Crippen molar-refractivity contribution in [3.05, 3.63) is 40.5 Å². The van der Waals surface area contributed by atoms with Crippen LogP contribution in [0.15, 0.2) is 29.5 Å². The summed E-state index contributed by atoms with van der Waals surface area (Å²) in [5.41, 5.74) is 9.50. The summed E-state index contributed by atoms with van der Waals surface area (Å²) in [6, 6.07) is 4.39. The number of aliphatic imine (C=N–C) groups is 1. The standard InChI is InChI=1S/C23H27N3S2/c1-4-8-17-12-18(14-25-13-17)19-11-16(2)20(27-19)22(3)15-23(28-21(24)26-22)9-6-5-7-10-23/h11-14H,5-7,9-10,15H2,1-3H3,(H2,24,26)/t22-/m0/s1. The van der Waals surface area contributed by atoms with Crippen LogP contribution in [-0.4, -0.2) is 14.9 Å². The van der Waals surface area contributed by atoms with Crippen LogP contribution >= 0.6 is 23.1 Å². The van der Waals surface area contributed by atoms with Crippen molar-refractivity contribution in [1.82, 2.24) is 4.98 Å². The van der Waals surface area contributed by atoms with E-state index in [4.69, 9.17) is 10.7 Å². The van der Waals surface area contributed by atoms with Gasteiger partial charge in [0.2, 0.25) is 0 Å². The lowest BCUT2D eigenvalue weighted by atomic mass is 9.78. The van der Waals surface area contributed by atoms with E-state index in [1.54, 1.807) is 0 Å². The van der Waals surface area contributed by atoms with E-state index in [2.05, 4.69) is 42.8 Å². The van der Waals surface area contributed by atoms with Gasteiger partial charge < -0.3 is 5.73 Å². The minimum atomic E-state index is -0.242. The number of nitrogens with zero attached hydrogens (tertiary/aromatic N) is 2. The molecule has 0 saturated heterocycles. The quantitative estimate of drug-likeness (QED) is 0.632. The van der Waals surface area contributed by atoms with Crippen molar-refractivity contribution in [3.8, 4) is 22.3 Å². The number of hydrogen-bond donors (Lipinski definition) is 1. The van der Waals surface area contributed by atoms with Crippen molar-refractivity contribution in [2.24, 2.45) is 10.7 Å². The second-order valence-corrected chi connectivity index (χ2v) is 10.7. The molecule has 2 aromatic rings. The first-order chi connectivity index (χ1) is 13.4. The first-order valence-corrected chi connectivity index (χ1v) is 11.6. The fourth-order valence-corrected chi connectivity index (χ4v) is 7.52. The molecule has 0 radical (unpaired) electrons. The number of hydrogen-bond acceptors (Lipinski definition) is 5. The van der Waals surface area contributed by atoms with Gasteiger partial charge in [0.1, 0.15) is 0 Å². The van der Waals surface area contributed by atoms with Crippen LogP contribution in [0, 0.1) is 18.8 Å². The molecule has 1 saturated carbocycles. The molecule has 5 heteroatoms. The van der Waals surface area contributed by atoms with Crippen LogP contribution < -0.4 is 5.73 Å². The monoisotopic (exact) mass is 409 g/mol. The number of pyridine rings is 1. The van der Waals surface area contributed by atoms with Crippen LogP contribution in [-0.2, 0) is 5.54 Å². The summed E-state index contributed by atoms with van der Waals surface area (Å²) in [6.45, 7) is 6.33. The lowest BCUT2D eigenvalue weighted by Crippen LogP contribution is -2.43. The zero-order valence-corrected chi connectivity index (χ0v) is 18.5. The average molecular weight is 410 g/mol. The Morgan fingerprint density at radius 2 is 1.93 bits per heavy atom. The molecule has 1 spiro atoms. The van der Waals surface area contributed by atoms with E-state index in [9.17, 15) is 0 Å². The summed E-state index contributed by atoms with van der Waals surface area (Å²) in [5, 5.41) is 0.756. The van der Waals surface area contributed by atoms with Gasteiger partial charge in [-0.15, -0.1) is 17.3 Å². The normalized spacial score (nSPS) is 23.8. The minimum absolute atomic E-state index is 0.242. The van der Waals surface area contributed by atoms with Gasteiger partial charge in [0.25, 0.3) is 0 Å². The van der Waals surface area contributed by atoms with Crippen molar-refractivity contribution < 1.29 is 0 Å². The van der Waals surface area contributed by atoms with E-state index >= 15 is 0 Å². The third kappa shape index (κ3) is 3.73. The lowest BCUT2D eigenvalue weighted by molar-refractivity contribution is 0.305. The number of aryl methyl sites for hydroxylation is 1. The molecule has 0 aromatic carbocycles. The highest BCUT2D eigenvalue weighted by Crippen LogP contribution is 2.54. The first-order valence-electron chi connectivity index (χ1n) is 9.97. The van der Waals surface area contributed by atoms with Crippen molar-refractivity contribution in [1.29, 1.82) is 0 Å². The Morgan fingerprint density at radius 1 is 1.14 bits per heavy atom. The molecule has 3 heterocycles. The zero-order valence-electron chi connectivity index (χ0n) is 16.8. The molecule has 0 bridgehead atoms. The maximum Gasteiger partial charge on any atom is 0.155 e. The highest BCUT2D eigenvalue weighted by atomic mass is 32.2. The van der Waals surface area contributed by atoms with E-state index in [0.29, 0.717) is 0 Å². The maximum atomic E-state index is 6.37. The predicted molar refractivity (Wildman–Crippen MR) is 122 cm³/mol. The molecule has 28 heavy (non-hydrogen) atoms. The molecular weight excluding hydrogens is 382 g/mol. The molecule has 0 amide bonds. The lowest BCUT2D eigenvalue weighted by Gasteiger charge is -2.45. The summed E-state index contributed by atoms with van der Waals surface area (Å²) in [7, 11) is 0. The second-order valence-electron chi connectivity index (χ2n) is 8.21. The van der Waals surface area contributed by atoms with Crippen molar-refractivity contribution in [2.75, 3.05) is 0 Å². The molecule has 2 N–H and O–H groups in total. The highest BCUT2D eigenvalue weighted by molar-refractivity contribution is 8.15. The fourth-order valence-electron chi connectivity index (χ4n) is 4.74. The smallest absolute Gasteiger partial charge is 0.155 e. The summed E-state index contributed by atoms with van der Waals surface area (Å²) in [4.78, 5) is 11.9. The molecule has 2 aliphatic rings. The highest BCUT2D eigenvalue weighted by Gasteiger charge is 2.46. The fraction of sp³-hybridized carbons (Fsp3) is 0.478. The molecular formula is C23H27N3S2. The van der Waals surface area contributed by atoms with Crippen LogP contribution in [0.25, 0.3) is 10.4 Å². The number of thioether (sulfide) groups is 1. The number of thiophene rings is 1. The summed E-state index contributed by atoms with van der Waals surface area (Å²) < 4.78 is 0.258. The largest absolute Gasteiger partial charge is 0.378 e. The number of rotatable bonds is 2. The number of aromatic nitrogens is 1. The zero-order chi connectivity index (χ0) is 19.8. The topological polar surface area (TPSA) is 51.3 Å². The van der Waals surface area contributed by atoms with Gasteiger partial charge in [-0.05, 0) is 57.7 Å². The summed E-state index contributed by atoms with van der Waals surface area (Å²) >= 11 is 3.66. The number of amidine groups is 1. The summed E-state index contributed by atoms with van der Waals surface area (Å²) in [6.07, 6.45) is 11.3. The van der Waals surface area contributed by atoms with Crippen LogP contribution in [0.3, 0.4) is 0 Å². The molecule has 1 atom stereocenters. The Kier molecular flexibility index (Phi) is 5.28. The van der Waals surface area contributed by atoms with E-state index in [-0.39, 0.29) is 10.3 Å². The third-order valence-electron chi connectivity index (χ3n) is 5.81. The Hall–Kier alpha value is -1.77. The van der Waals surface area contributed by atoms with Gasteiger partial charge in [-0.25, -0.2) is 0 Å². The number of nitrogens with two attached hydrogens (primary N) is 1. The molecule has 4 rings (SSSR count). The Balaban J connectivity index is 1.72. The van der Waals surface area contributed by atoms with Crippen LogP contribution in [0.2, 0.25) is 0 Å². The molecule has 1 aliphatic heterocycles. The Labute approximate surface area is 176 Å². The van der Waals surface area contributed by atoms with Gasteiger partial charge in [0, 0.05) is 38.0 Å². The second kappa shape index (κ2) is 7.57. The van der Waals surface area contributed by atoms with Gasteiger partial charge in [0.05, 0.1) is 5.54 Å². The van der Waals surface area contributed by atoms with E-state index in [1.807, 2.05) is 42.4 Å². The average Bonchev–Trinajstić information content (AvgIpc) is 3.05. The third-order valence-corrected chi connectivity index (χ3v) is 8.63. The van der Waals surface area contributed by atoms with Gasteiger partial charge >= 0.3 is 0 Å². The van der Waals surface area contributed by atoms with Gasteiger partial charge in [-0.3, -0.25) is 9.98 Å². The van der Waals surface area contributed by atoms with E-state index in [1.165, 1.54) is 47.4 Å². The maximum absolute atomic E-state index is 6.37. The van der Waals surface area contributed by atoms with Crippen LogP contribution in [0.1, 0.15) is 68.4 Å². The van der Waals surface area contributed by atoms with Gasteiger partial charge in [-0.2, -0.15) is 0 Å². The van der Waals surface area contributed by atoms with Crippen molar-refractivity contribution in [2.45, 2.75) is 69.6 Å². The summed E-state index contributed by atoms with van der Waals surface area (Å²) in [5.74, 6) is 6.06. The molecule has 146 valence electrons. The molecule has 2 aromatic heterocycles. The molecule has 1 fully saturated rings. The van der Waals surface area contributed by atoms with Crippen molar-refractivity contribution >= 4 is 28.3 Å². The molecule has 3 nitrogen and oxygen atoms in total. The minimum Gasteiger partial charge on any atom is -0.378 e. The molecule has 0 unspecified atom stereocenters.